The molecule has 0 aromatic heterocycles. The minimum absolute atomic E-state index is 0.00647. The van der Waals surface area contributed by atoms with Gasteiger partial charge >= 0.3 is 5.97 Å². The smallest absolute Gasteiger partial charge is 0.307 e. The first kappa shape index (κ1) is 16.0. The minimum atomic E-state index is -0.753. The molecule has 0 aromatic carbocycles. The lowest BCUT2D eigenvalue weighted by molar-refractivity contribution is -0.145. The monoisotopic (exact) mass is 270 g/mol. The average molecular weight is 270 g/mol. The maximum atomic E-state index is 12.1. The molecule has 1 heterocycles. The molecular formula is C14H26N2O3. The molecule has 5 heteroatoms. The van der Waals surface area contributed by atoms with Crippen LogP contribution in [0.5, 0.6) is 0 Å². The van der Waals surface area contributed by atoms with Crippen LogP contribution in [0, 0.1) is 5.92 Å². The maximum Gasteiger partial charge on any atom is 0.307 e. The van der Waals surface area contributed by atoms with Crippen LogP contribution in [0.3, 0.4) is 0 Å². The molecule has 2 N–H and O–H groups in total. The molecule has 0 aromatic rings. The Morgan fingerprint density at radius 1 is 1.42 bits per heavy atom. The van der Waals surface area contributed by atoms with Crippen LogP contribution in [0.2, 0.25) is 0 Å². The zero-order valence-electron chi connectivity index (χ0n) is 12.2. The number of piperidine rings is 1. The second kappa shape index (κ2) is 7.48. The highest BCUT2D eigenvalue weighted by Gasteiger charge is 2.30. The number of rotatable bonds is 6. The molecule has 0 spiro atoms. The maximum absolute atomic E-state index is 12.1. The van der Waals surface area contributed by atoms with E-state index in [0.717, 1.165) is 25.8 Å². The molecule has 1 aliphatic heterocycles. The van der Waals surface area contributed by atoms with Crippen molar-refractivity contribution in [3.63, 3.8) is 0 Å². The van der Waals surface area contributed by atoms with Crippen LogP contribution >= 0.6 is 0 Å². The van der Waals surface area contributed by atoms with E-state index in [1.54, 1.807) is 0 Å². The van der Waals surface area contributed by atoms with Crippen LogP contribution in [0.1, 0.15) is 46.5 Å². The number of carbonyl (C=O) groups is 2. The summed E-state index contributed by atoms with van der Waals surface area (Å²) >= 11 is 0. The number of carbonyl (C=O) groups excluding carboxylic acids is 1. The Morgan fingerprint density at radius 2 is 2.11 bits per heavy atom. The first-order valence-electron chi connectivity index (χ1n) is 7.23. The van der Waals surface area contributed by atoms with Crippen LogP contribution in [-0.2, 0) is 9.59 Å². The van der Waals surface area contributed by atoms with E-state index in [0.29, 0.717) is 13.0 Å². The predicted octanol–water partition coefficient (Wildman–Crippen LogP) is 1.48. The summed E-state index contributed by atoms with van der Waals surface area (Å²) in [5.41, 5.74) is 0. The van der Waals surface area contributed by atoms with Gasteiger partial charge < -0.3 is 10.4 Å². The van der Waals surface area contributed by atoms with Gasteiger partial charge in [-0.15, -0.1) is 0 Å². The fraction of sp³-hybridized carbons (Fsp3) is 0.857. The molecule has 110 valence electrons. The second-order valence-corrected chi connectivity index (χ2v) is 5.55. The highest BCUT2D eigenvalue weighted by Crippen LogP contribution is 2.18. The molecule has 1 fully saturated rings. The van der Waals surface area contributed by atoms with E-state index < -0.39 is 5.97 Å². The Bertz CT molecular complexity index is 320. The lowest BCUT2D eigenvalue weighted by atomic mass is 9.97. The van der Waals surface area contributed by atoms with Gasteiger partial charge in [0.1, 0.15) is 0 Å². The minimum Gasteiger partial charge on any atom is -0.481 e. The zero-order chi connectivity index (χ0) is 14.4. The van der Waals surface area contributed by atoms with Crippen LogP contribution in [-0.4, -0.2) is 47.1 Å². The molecule has 1 saturated heterocycles. The first-order chi connectivity index (χ1) is 8.95. The summed E-state index contributed by atoms with van der Waals surface area (Å²) in [4.78, 5) is 25.1. The van der Waals surface area contributed by atoms with Crippen molar-refractivity contribution in [2.45, 2.75) is 58.5 Å². The van der Waals surface area contributed by atoms with Gasteiger partial charge in [-0.3, -0.25) is 14.5 Å². The third-order valence-corrected chi connectivity index (χ3v) is 3.84. The van der Waals surface area contributed by atoms with Gasteiger partial charge in [0, 0.05) is 12.6 Å². The van der Waals surface area contributed by atoms with Crippen LogP contribution in [0.25, 0.3) is 0 Å². The molecule has 3 atom stereocenters. The fourth-order valence-corrected chi connectivity index (χ4v) is 2.59. The van der Waals surface area contributed by atoms with Crippen molar-refractivity contribution >= 4 is 11.9 Å². The van der Waals surface area contributed by atoms with Crippen LogP contribution in [0.15, 0.2) is 0 Å². The van der Waals surface area contributed by atoms with E-state index in [2.05, 4.69) is 12.2 Å². The Kier molecular flexibility index (Phi) is 6.28. The van der Waals surface area contributed by atoms with E-state index in [9.17, 15) is 9.59 Å². The topological polar surface area (TPSA) is 69.6 Å². The van der Waals surface area contributed by atoms with Crippen LogP contribution in [0.4, 0.5) is 0 Å². The van der Waals surface area contributed by atoms with Crippen molar-refractivity contribution in [2.75, 3.05) is 13.1 Å². The summed E-state index contributed by atoms with van der Waals surface area (Å²) < 4.78 is 0. The molecule has 0 aliphatic carbocycles. The molecule has 0 radical (unpaired) electrons. The summed E-state index contributed by atoms with van der Waals surface area (Å²) in [7, 11) is 0. The average Bonchev–Trinajstić information content (AvgIpc) is 2.38. The summed E-state index contributed by atoms with van der Waals surface area (Å²) in [6.07, 6.45) is 3.57. The van der Waals surface area contributed by atoms with Crippen molar-refractivity contribution in [2.24, 2.45) is 5.92 Å². The summed E-state index contributed by atoms with van der Waals surface area (Å²) in [6.45, 7) is 7.24. The van der Waals surface area contributed by atoms with E-state index >= 15 is 0 Å². The number of nitrogens with zero attached hydrogens (tertiary/aromatic N) is 1. The van der Waals surface area contributed by atoms with Gasteiger partial charge in [-0.2, -0.15) is 0 Å². The Hall–Kier alpha value is -1.10. The van der Waals surface area contributed by atoms with Crippen molar-refractivity contribution in [3.8, 4) is 0 Å². The molecular weight excluding hydrogens is 244 g/mol. The summed E-state index contributed by atoms with van der Waals surface area (Å²) in [5.74, 6) is -1.08. The van der Waals surface area contributed by atoms with E-state index in [1.807, 2.05) is 18.7 Å². The van der Waals surface area contributed by atoms with Gasteiger partial charge in [-0.05, 0) is 39.7 Å². The highest BCUT2D eigenvalue weighted by molar-refractivity contribution is 5.81. The first-order valence-corrected chi connectivity index (χ1v) is 7.23. The number of hydrogen-bond donors (Lipinski definition) is 2. The highest BCUT2D eigenvalue weighted by atomic mass is 16.4. The van der Waals surface area contributed by atoms with Gasteiger partial charge in [0.15, 0.2) is 0 Å². The number of carboxylic acids is 1. The zero-order valence-corrected chi connectivity index (χ0v) is 12.2. The van der Waals surface area contributed by atoms with E-state index in [1.165, 1.54) is 0 Å². The van der Waals surface area contributed by atoms with Crippen molar-refractivity contribution in [3.05, 3.63) is 0 Å². The Balaban J connectivity index is 2.49. The molecule has 19 heavy (non-hydrogen) atoms. The normalized spacial score (nSPS) is 23.6. The number of nitrogens with one attached hydrogen (secondary N) is 1. The molecule has 1 aliphatic rings. The lowest BCUT2D eigenvalue weighted by Crippen LogP contribution is -2.51. The molecule has 5 nitrogen and oxygen atoms in total. The van der Waals surface area contributed by atoms with E-state index in [-0.39, 0.29) is 23.9 Å². The Labute approximate surface area is 115 Å². The van der Waals surface area contributed by atoms with Crippen molar-refractivity contribution in [1.29, 1.82) is 0 Å². The van der Waals surface area contributed by atoms with Gasteiger partial charge in [-0.25, -0.2) is 0 Å². The largest absolute Gasteiger partial charge is 0.481 e. The predicted molar refractivity (Wildman–Crippen MR) is 73.9 cm³/mol. The number of carboxylic acid groups (broad SMARTS) is 1. The standard InChI is InChI=1S/C14H26N2O3/c1-4-6-10(2)15-13(17)11(3)16-8-5-7-12(9-16)14(18)19/h10-12H,4-9H2,1-3H3,(H,15,17)(H,18,19)/t10-,11-,12-/m0/s1. The number of likely N-dealkylation sites (tertiary alicyclic amines) is 1. The van der Waals surface area contributed by atoms with Gasteiger partial charge in [0.2, 0.25) is 5.91 Å². The summed E-state index contributed by atoms with van der Waals surface area (Å²) in [5, 5.41) is 12.1. The third kappa shape index (κ3) is 4.82. The lowest BCUT2D eigenvalue weighted by Gasteiger charge is -2.34. The number of amides is 1. The number of aliphatic carboxylic acids is 1. The van der Waals surface area contributed by atoms with E-state index in [4.69, 9.17) is 5.11 Å². The van der Waals surface area contributed by atoms with Crippen molar-refractivity contribution in [1.82, 2.24) is 10.2 Å². The Morgan fingerprint density at radius 3 is 2.68 bits per heavy atom. The fourth-order valence-electron chi connectivity index (χ4n) is 2.59. The SMILES string of the molecule is CCC[C@H](C)NC(=O)[C@H](C)N1CCC[C@H](C(=O)O)C1. The molecule has 1 rings (SSSR count). The third-order valence-electron chi connectivity index (χ3n) is 3.84. The summed E-state index contributed by atoms with van der Waals surface area (Å²) in [6, 6.07) is -0.0681. The number of hydrogen-bond acceptors (Lipinski definition) is 3. The van der Waals surface area contributed by atoms with Crippen molar-refractivity contribution < 1.29 is 14.7 Å². The van der Waals surface area contributed by atoms with Gasteiger partial charge in [-0.1, -0.05) is 13.3 Å². The van der Waals surface area contributed by atoms with Gasteiger partial charge in [0.05, 0.1) is 12.0 Å². The molecule has 0 saturated carbocycles. The second-order valence-electron chi connectivity index (χ2n) is 5.55. The van der Waals surface area contributed by atoms with Gasteiger partial charge in [0.25, 0.3) is 0 Å². The molecule has 1 amide bonds. The van der Waals surface area contributed by atoms with Crippen LogP contribution < -0.4 is 5.32 Å². The molecule has 0 unspecified atom stereocenters. The molecule has 0 bridgehead atoms. The quantitative estimate of drug-likeness (QED) is 0.767.